The van der Waals surface area contributed by atoms with Crippen molar-refractivity contribution >= 4 is 12.6 Å². The first kappa shape index (κ1) is 9.43. The van der Waals surface area contributed by atoms with Crippen molar-refractivity contribution in [1.82, 2.24) is 0 Å². The van der Waals surface area contributed by atoms with Gasteiger partial charge in [-0.1, -0.05) is 12.8 Å². The molecule has 0 saturated heterocycles. The van der Waals surface area contributed by atoms with Crippen molar-refractivity contribution < 1.29 is 9.59 Å². The topological polar surface area (TPSA) is 34.1 Å². The molecule has 0 amide bonds. The minimum atomic E-state index is 0.262. The fraction of sp³-hybridized carbons (Fsp3) is 0.800. The van der Waals surface area contributed by atoms with Gasteiger partial charge in [-0.2, -0.15) is 0 Å². The lowest BCUT2D eigenvalue weighted by Gasteiger charge is -2.17. The summed E-state index contributed by atoms with van der Waals surface area (Å²) in [6.07, 6.45) is 8.13. The molecular weight excluding hydrogens is 152 g/mol. The largest absolute Gasteiger partial charge is 0.303 e. The highest BCUT2D eigenvalue weighted by atomic mass is 16.1. The highest BCUT2D eigenvalue weighted by Crippen LogP contribution is 2.23. The highest BCUT2D eigenvalue weighted by molar-refractivity contribution is 5.54. The molecule has 0 N–H and O–H groups in total. The molecule has 0 aliphatic heterocycles. The maximum Gasteiger partial charge on any atom is 0.123 e. The van der Waals surface area contributed by atoms with Gasteiger partial charge in [0, 0.05) is 11.8 Å². The third-order valence-corrected chi connectivity index (χ3v) is 2.68. The number of hydrogen-bond donors (Lipinski definition) is 0. The van der Waals surface area contributed by atoms with E-state index >= 15 is 0 Å². The number of aldehydes is 2. The van der Waals surface area contributed by atoms with Crippen LogP contribution in [0.25, 0.3) is 0 Å². The standard InChI is InChI=1S/C10H16O2/c11-7-9-3-1-4-10(8-12)6-2-5-9/h7-10H,1-6H2/t9-,10-. The van der Waals surface area contributed by atoms with Gasteiger partial charge in [0.2, 0.25) is 0 Å². The molecule has 0 radical (unpaired) electrons. The Morgan fingerprint density at radius 3 is 1.33 bits per heavy atom. The summed E-state index contributed by atoms with van der Waals surface area (Å²) >= 11 is 0. The maximum absolute atomic E-state index is 10.5. The van der Waals surface area contributed by atoms with Gasteiger partial charge in [-0.3, -0.25) is 0 Å². The van der Waals surface area contributed by atoms with Crippen LogP contribution < -0.4 is 0 Å². The van der Waals surface area contributed by atoms with E-state index in [0.717, 1.165) is 51.1 Å². The second-order valence-electron chi connectivity index (χ2n) is 3.65. The van der Waals surface area contributed by atoms with Gasteiger partial charge in [-0.05, 0) is 25.7 Å². The first-order valence-corrected chi connectivity index (χ1v) is 4.77. The zero-order chi connectivity index (χ0) is 8.81. The number of carbonyl (C=O) groups excluding carboxylic acids is 2. The normalized spacial score (nSPS) is 31.7. The van der Waals surface area contributed by atoms with Gasteiger partial charge < -0.3 is 9.59 Å². The maximum atomic E-state index is 10.5. The minimum absolute atomic E-state index is 0.262. The SMILES string of the molecule is O=C[C@H]1CCC[C@H](C=O)CCC1. The van der Waals surface area contributed by atoms with Crippen molar-refractivity contribution in [2.24, 2.45) is 11.8 Å². The molecule has 1 aliphatic carbocycles. The zero-order valence-corrected chi connectivity index (χ0v) is 7.37. The molecule has 0 atom stereocenters. The second-order valence-corrected chi connectivity index (χ2v) is 3.65. The van der Waals surface area contributed by atoms with Crippen LogP contribution in [0.3, 0.4) is 0 Å². The van der Waals surface area contributed by atoms with Crippen LogP contribution in [0.1, 0.15) is 38.5 Å². The molecule has 1 fully saturated rings. The van der Waals surface area contributed by atoms with Crippen LogP contribution in [-0.2, 0) is 9.59 Å². The first-order chi connectivity index (χ1) is 5.86. The van der Waals surface area contributed by atoms with E-state index in [1.807, 2.05) is 0 Å². The lowest BCUT2D eigenvalue weighted by molar-refractivity contribution is -0.112. The van der Waals surface area contributed by atoms with E-state index in [2.05, 4.69) is 0 Å². The van der Waals surface area contributed by atoms with Gasteiger partial charge in [-0.15, -0.1) is 0 Å². The summed E-state index contributed by atoms with van der Waals surface area (Å²) in [5, 5.41) is 0. The van der Waals surface area contributed by atoms with Crippen molar-refractivity contribution in [2.45, 2.75) is 38.5 Å². The summed E-state index contributed by atoms with van der Waals surface area (Å²) in [7, 11) is 0. The third-order valence-electron chi connectivity index (χ3n) is 2.68. The summed E-state index contributed by atoms with van der Waals surface area (Å²) < 4.78 is 0. The van der Waals surface area contributed by atoms with Crippen LogP contribution in [0.2, 0.25) is 0 Å². The summed E-state index contributed by atoms with van der Waals surface area (Å²) in [6.45, 7) is 0. The Balaban J connectivity index is 2.33. The average molecular weight is 168 g/mol. The van der Waals surface area contributed by atoms with Crippen molar-refractivity contribution in [3.8, 4) is 0 Å². The van der Waals surface area contributed by atoms with E-state index in [1.165, 1.54) is 0 Å². The third kappa shape index (κ3) is 2.76. The zero-order valence-electron chi connectivity index (χ0n) is 7.37. The molecule has 0 aromatic rings. The summed E-state index contributed by atoms with van der Waals surface area (Å²) in [4.78, 5) is 21.0. The van der Waals surface area contributed by atoms with Crippen LogP contribution in [-0.4, -0.2) is 12.6 Å². The van der Waals surface area contributed by atoms with Gasteiger partial charge in [0.15, 0.2) is 0 Å². The molecule has 0 aromatic heterocycles. The number of carbonyl (C=O) groups is 2. The van der Waals surface area contributed by atoms with E-state index in [-0.39, 0.29) is 11.8 Å². The molecule has 0 heterocycles. The number of rotatable bonds is 2. The van der Waals surface area contributed by atoms with Gasteiger partial charge in [-0.25, -0.2) is 0 Å². The van der Waals surface area contributed by atoms with Gasteiger partial charge in [0.25, 0.3) is 0 Å². The van der Waals surface area contributed by atoms with Gasteiger partial charge >= 0.3 is 0 Å². The highest BCUT2D eigenvalue weighted by Gasteiger charge is 2.15. The molecule has 1 saturated carbocycles. The fourth-order valence-corrected chi connectivity index (χ4v) is 1.85. The lowest BCUT2D eigenvalue weighted by atomic mass is 9.87. The van der Waals surface area contributed by atoms with E-state index in [1.54, 1.807) is 0 Å². The summed E-state index contributed by atoms with van der Waals surface area (Å²) in [6, 6.07) is 0. The predicted octanol–water partition coefficient (Wildman–Crippen LogP) is 1.97. The summed E-state index contributed by atoms with van der Waals surface area (Å²) in [5.41, 5.74) is 0. The Morgan fingerprint density at radius 1 is 0.750 bits per heavy atom. The smallest absolute Gasteiger partial charge is 0.123 e. The Kier molecular flexibility index (Phi) is 3.98. The summed E-state index contributed by atoms with van der Waals surface area (Å²) in [5.74, 6) is 0.523. The quantitative estimate of drug-likeness (QED) is 0.591. The van der Waals surface area contributed by atoms with Gasteiger partial charge in [0.05, 0.1) is 0 Å². The van der Waals surface area contributed by atoms with Crippen molar-refractivity contribution in [3.63, 3.8) is 0 Å². The molecule has 2 heteroatoms. The molecule has 12 heavy (non-hydrogen) atoms. The van der Waals surface area contributed by atoms with Crippen LogP contribution in [0.4, 0.5) is 0 Å². The Morgan fingerprint density at radius 2 is 1.08 bits per heavy atom. The van der Waals surface area contributed by atoms with E-state index in [9.17, 15) is 9.59 Å². The average Bonchev–Trinajstić information content (AvgIpc) is 2.05. The number of hydrogen-bond acceptors (Lipinski definition) is 2. The molecular formula is C10H16O2. The van der Waals surface area contributed by atoms with Crippen LogP contribution in [0.15, 0.2) is 0 Å². The second kappa shape index (κ2) is 5.07. The monoisotopic (exact) mass is 168 g/mol. The van der Waals surface area contributed by atoms with E-state index < -0.39 is 0 Å². The Hall–Kier alpha value is -0.660. The van der Waals surface area contributed by atoms with Crippen molar-refractivity contribution in [2.75, 3.05) is 0 Å². The molecule has 1 rings (SSSR count). The molecule has 0 aromatic carbocycles. The molecule has 0 unspecified atom stereocenters. The molecule has 2 nitrogen and oxygen atoms in total. The fourth-order valence-electron chi connectivity index (χ4n) is 1.85. The molecule has 0 spiro atoms. The van der Waals surface area contributed by atoms with Crippen molar-refractivity contribution in [1.29, 1.82) is 0 Å². The van der Waals surface area contributed by atoms with E-state index in [4.69, 9.17) is 0 Å². The van der Waals surface area contributed by atoms with E-state index in [0.29, 0.717) is 0 Å². The minimum Gasteiger partial charge on any atom is -0.303 e. The molecule has 1 aliphatic rings. The molecule has 0 bridgehead atoms. The Labute approximate surface area is 73.3 Å². The van der Waals surface area contributed by atoms with Crippen LogP contribution >= 0.6 is 0 Å². The predicted molar refractivity (Wildman–Crippen MR) is 46.8 cm³/mol. The lowest BCUT2D eigenvalue weighted by Crippen LogP contribution is -2.10. The molecule has 68 valence electrons. The van der Waals surface area contributed by atoms with Crippen LogP contribution in [0, 0.1) is 11.8 Å². The Bertz CT molecular complexity index is 128. The van der Waals surface area contributed by atoms with Gasteiger partial charge in [0.1, 0.15) is 12.6 Å². The van der Waals surface area contributed by atoms with Crippen LogP contribution in [0.5, 0.6) is 0 Å². The van der Waals surface area contributed by atoms with Crippen molar-refractivity contribution in [3.05, 3.63) is 0 Å². The first-order valence-electron chi connectivity index (χ1n) is 4.77.